The van der Waals surface area contributed by atoms with Crippen molar-refractivity contribution in [3.63, 3.8) is 0 Å². The molecule has 0 amide bonds. The number of hydrogen-bond donors (Lipinski definition) is 1. The molecule has 2 aliphatic rings. The van der Waals surface area contributed by atoms with E-state index in [-0.39, 0.29) is 6.04 Å². The van der Waals surface area contributed by atoms with E-state index in [0.717, 1.165) is 0 Å². The van der Waals surface area contributed by atoms with Crippen LogP contribution in [0, 0.1) is 0 Å². The number of fused-ring (bicyclic) bond motifs is 2. The van der Waals surface area contributed by atoms with E-state index in [2.05, 4.69) is 42.5 Å². The molecule has 0 aliphatic carbocycles. The van der Waals surface area contributed by atoms with Gasteiger partial charge in [0.25, 0.3) is 0 Å². The highest BCUT2D eigenvalue weighted by Crippen LogP contribution is 2.61. The van der Waals surface area contributed by atoms with Crippen LogP contribution >= 0.6 is 47.0 Å². The number of hydrogen-bond acceptors (Lipinski definition) is 5. The molecule has 0 radical (unpaired) electrons. The van der Waals surface area contributed by atoms with Gasteiger partial charge in [-0.2, -0.15) is 0 Å². The normalized spacial score (nSPS) is 17.8. The van der Waals surface area contributed by atoms with E-state index in [0.29, 0.717) is 0 Å². The minimum atomic E-state index is 0.0945. The average molecular weight is 348 g/mol. The zero-order chi connectivity index (χ0) is 14.4. The highest BCUT2D eigenvalue weighted by molar-refractivity contribution is 8.30. The summed E-state index contributed by atoms with van der Waals surface area (Å²) in [5.74, 6) is 0. The van der Waals surface area contributed by atoms with Crippen LogP contribution in [-0.2, 0) is 0 Å². The van der Waals surface area contributed by atoms with Gasteiger partial charge in [-0.15, -0.1) is 0 Å². The Morgan fingerprint density at radius 2 is 1.29 bits per heavy atom. The predicted molar refractivity (Wildman–Crippen MR) is 95.9 cm³/mol. The molecule has 0 saturated heterocycles. The minimum Gasteiger partial charge on any atom is -0.324 e. The number of benzene rings is 2. The Morgan fingerprint density at radius 1 is 0.762 bits per heavy atom. The maximum absolute atomic E-state index is 5.99. The van der Waals surface area contributed by atoms with E-state index in [1.54, 1.807) is 0 Å². The van der Waals surface area contributed by atoms with Crippen molar-refractivity contribution < 1.29 is 0 Å². The highest BCUT2D eigenvalue weighted by atomic mass is 32.2. The van der Waals surface area contributed by atoms with Gasteiger partial charge in [0.1, 0.15) is 0 Å². The summed E-state index contributed by atoms with van der Waals surface area (Å²) in [7, 11) is 0. The van der Waals surface area contributed by atoms with Crippen molar-refractivity contribution in [2.45, 2.75) is 32.5 Å². The summed E-state index contributed by atoms with van der Waals surface area (Å²) in [4.78, 5) is 5.44. The first-order valence-corrected chi connectivity index (χ1v) is 9.91. The molecule has 21 heavy (non-hydrogen) atoms. The fraction of sp³-hybridized carbons (Fsp3) is 0.125. The van der Waals surface area contributed by atoms with Crippen molar-refractivity contribution in [3.05, 3.63) is 56.5 Å². The molecule has 2 aromatic rings. The van der Waals surface area contributed by atoms with E-state index >= 15 is 0 Å². The largest absolute Gasteiger partial charge is 0.324 e. The van der Waals surface area contributed by atoms with Gasteiger partial charge in [-0.25, -0.2) is 0 Å². The lowest BCUT2D eigenvalue weighted by Gasteiger charge is -2.06. The fourth-order valence-electron chi connectivity index (χ4n) is 2.20. The molecule has 5 heteroatoms. The van der Waals surface area contributed by atoms with Crippen LogP contribution in [0.3, 0.4) is 0 Å². The van der Waals surface area contributed by atoms with Gasteiger partial charge < -0.3 is 5.73 Å². The second-order valence-electron chi connectivity index (χ2n) is 4.92. The Kier molecular flexibility index (Phi) is 3.79. The second kappa shape index (κ2) is 5.63. The standard InChI is InChI=1S/C16H13NS4/c1-9(17)10-6-7-13-14(8-10)21-16(20-13)15-18-11-4-2-3-5-12(11)19-15/h2-9H,17H2,1H3. The number of nitrogens with two attached hydrogens (primary N) is 1. The summed E-state index contributed by atoms with van der Waals surface area (Å²) in [5, 5.41) is 0. The molecule has 2 aromatic carbocycles. The Hall–Kier alpha value is -0.460. The Morgan fingerprint density at radius 3 is 1.86 bits per heavy atom. The third-order valence-corrected chi connectivity index (χ3v) is 8.94. The monoisotopic (exact) mass is 347 g/mol. The number of rotatable bonds is 1. The Bertz CT molecular complexity index is 725. The van der Waals surface area contributed by atoms with Crippen LogP contribution in [0.25, 0.3) is 0 Å². The van der Waals surface area contributed by atoms with Crippen LogP contribution in [0.5, 0.6) is 0 Å². The molecular formula is C16H13NS4. The summed E-state index contributed by atoms with van der Waals surface area (Å²) in [6.45, 7) is 2.03. The molecule has 2 aliphatic heterocycles. The van der Waals surface area contributed by atoms with Crippen molar-refractivity contribution in [2.24, 2.45) is 5.73 Å². The third-order valence-electron chi connectivity index (χ3n) is 3.32. The van der Waals surface area contributed by atoms with Crippen molar-refractivity contribution in [3.8, 4) is 0 Å². The van der Waals surface area contributed by atoms with Gasteiger partial charge in [0, 0.05) is 25.6 Å². The summed E-state index contributed by atoms with van der Waals surface area (Å²) in [6.07, 6.45) is 0. The van der Waals surface area contributed by atoms with Crippen molar-refractivity contribution >= 4 is 47.0 Å². The fourth-order valence-corrected chi connectivity index (χ4v) is 7.53. The van der Waals surface area contributed by atoms with E-state index in [1.165, 1.54) is 33.6 Å². The lowest BCUT2D eigenvalue weighted by atomic mass is 10.1. The van der Waals surface area contributed by atoms with Gasteiger partial charge in [0.2, 0.25) is 0 Å². The van der Waals surface area contributed by atoms with Crippen LogP contribution in [0.2, 0.25) is 0 Å². The molecule has 106 valence electrons. The SMILES string of the molecule is CC(N)c1ccc2c(c1)SC(=C1Sc3ccccc3S1)S2. The maximum Gasteiger partial charge on any atom is 0.0706 e. The molecular weight excluding hydrogens is 334 g/mol. The minimum absolute atomic E-state index is 0.0945. The first-order valence-electron chi connectivity index (χ1n) is 6.65. The molecule has 0 spiro atoms. The van der Waals surface area contributed by atoms with Crippen LogP contribution in [-0.4, -0.2) is 0 Å². The molecule has 4 rings (SSSR count). The molecule has 0 fully saturated rings. The highest BCUT2D eigenvalue weighted by Gasteiger charge is 2.26. The first kappa shape index (κ1) is 14.2. The molecule has 2 heterocycles. The summed E-state index contributed by atoms with van der Waals surface area (Å²) in [6, 6.07) is 15.3. The van der Waals surface area contributed by atoms with Gasteiger partial charge >= 0.3 is 0 Å². The zero-order valence-electron chi connectivity index (χ0n) is 11.3. The number of thioether (sulfide) groups is 4. The van der Waals surface area contributed by atoms with E-state index < -0.39 is 0 Å². The first-order chi connectivity index (χ1) is 10.2. The van der Waals surface area contributed by atoms with E-state index in [4.69, 9.17) is 5.73 Å². The topological polar surface area (TPSA) is 26.0 Å². The summed E-state index contributed by atoms with van der Waals surface area (Å²) >= 11 is 7.55. The second-order valence-corrected chi connectivity index (χ2v) is 9.65. The molecule has 2 N–H and O–H groups in total. The van der Waals surface area contributed by atoms with Crippen LogP contribution in [0.1, 0.15) is 18.5 Å². The van der Waals surface area contributed by atoms with Crippen molar-refractivity contribution in [1.82, 2.24) is 0 Å². The molecule has 0 bridgehead atoms. The van der Waals surface area contributed by atoms with Gasteiger partial charge in [0.15, 0.2) is 0 Å². The average Bonchev–Trinajstić information content (AvgIpc) is 3.09. The van der Waals surface area contributed by atoms with Crippen LogP contribution < -0.4 is 5.73 Å². The molecule has 1 nitrogen and oxygen atoms in total. The lowest BCUT2D eigenvalue weighted by Crippen LogP contribution is -2.04. The summed E-state index contributed by atoms with van der Waals surface area (Å²) < 4.78 is 2.81. The van der Waals surface area contributed by atoms with Gasteiger partial charge in [0.05, 0.1) is 8.47 Å². The van der Waals surface area contributed by atoms with Gasteiger partial charge in [-0.1, -0.05) is 65.2 Å². The van der Waals surface area contributed by atoms with Crippen LogP contribution in [0.4, 0.5) is 0 Å². The molecule has 1 atom stereocenters. The zero-order valence-corrected chi connectivity index (χ0v) is 14.6. The van der Waals surface area contributed by atoms with E-state index in [9.17, 15) is 0 Å². The molecule has 0 aromatic heterocycles. The van der Waals surface area contributed by atoms with Gasteiger partial charge in [-0.3, -0.25) is 0 Å². The van der Waals surface area contributed by atoms with E-state index in [1.807, 2.05) is 54.0 Å². The molecule has 0 saturated carbocycles. The smallest absolute Gasteiger partial charge is 0.0706 e. The van der Waals surface area contributed by atoms with Crippen molar-refractivity contribution in [1.29, 1.82) is 0 Å². The van der Waals surface area contributed by atoms with Crippen LogP contribution in [0.15, 0.2) is 70.5 Å². The Balaban J connectivity index is 1.64. The summed E-state index contributed by atoms with van der Waals surface area (Å²) in [5.41, 5.74) is 7.20. The lowest BCUT2D eigenvalue weighted by molar-refractivity contribution is 0.812. The Labute approximate surface area is 141 Å². The molecule has 1 unspecified atom stereocenters. The maximum atomic E-state index is 5.99. The predicted octanol–water partition coefficient (Wildman–Crippen LogP) is 5.93. The third kappa shape index (κ3) is 2.66. The van der Waals surface area contributed by atoms with Gasteiger partial charge in [-0.05, 0) is 36.8 Å². The van der Waals surface area contributed by atoms with Crippen molar-refractivity contribution in [2.75, 3.05) is 0 Å². The quantitative estimate of drug-likeness (QED) is 0.690.